The number of hydrogen-bond acceptors (Lipinski definition) is 3. The number of rotatable bonds is 5. The van der Waals surface area contributed by atoms with Crippen LogP contribution < -0.4 is 9.47 Å². The van der Waals surface area contributed by atoms with E-state index in [9.17, 15) is 13.6 Å². The van der Waals surface area contributed by atoms with Gasteiger partial charge in [0.05, 0.1) is 19.8 Å². The summed E-state index contributed by atoms with van der Waals surface area (Å²) >= 11 is 0. The van der Waals surface area contributed by atoms with Gasteiger partial charge in [0, 0.05) is 18.6 Å². The van der Waals surface area contributed by atoms with Crippen molar-refractivity contribution < 1.29 is 23.0 Å². The van der Waals surface area contributed by atoms with E-state index in [-0.39, 0.29) is 12.2 Å². The molecule has 0 radical (unpaired) electrons. The van der Waals surface area contributed by atoms with E-state index < -0.39 is 23.0 Å². The second-order valence-corrected chi connectivity index (χ2v) is 4.42. The summed E-state index contributed by atoms with van der Waals surface area (Å²) in [5.41, 5.74) is 0.0626. The highest BCUT2D eigenvalue weighted by molar-refractivity contribution is 5.98. The average molecular weight is 292 g/mol. The van der Waals surface area contributed by atoms with Crippen LogP contribution in [0.25, 0.3) is 0 Å². The number of Topliss-reactive ketones (excluding diaryl/α,β-unsaturated/α-hetero) is 1. The standard InChI is InChI=1S/C16H14F2O3/c1-20-11-5-3-4-10(6-11)7-15(19)16-13(17)8-12(21-2)9-14(16)18/h3-6,8-9H,7H2,1-2H3. The van der Waals surface area contributed by atoms with E-state index in [0.717, 1.165) is 12.1 Å². The zero-order valence-corrected chi connectivity index (χ0v) is 11.7. The van der Waals surface area contributed by atoms with Gasteiger partial charge in [-0.05, 0) is 17.7 Å². The Morgan fingerprint density at radius 2 is 1.62 bits per heavy atom. The third kappa shape index (κ3) is 3.37. The maximum absolute atomic E-state index is 13.8. The molecular weight excluding hydrogens is 278 g/mol. The molecule has 0 amide bonds. The molecule has 5 heteroatoms. The van der Waals surface area contributed by atoms with Crippen LogP contribution in [-0.2, 0) is 6.42 Å². The molecule has 0 saturated heterocycles. The van der Waals surface area contributed by atoms with Gasteiger partial charge in [0.1, 0.15) is 23.1 Å². The summed E-state index contributed by atoms with van der Waals surface area (Å²) in [6, 6.07) is 8.76. The Morgan fingerprint density at radius 1 is 1.00 bits per heavy atom. The number of hydrogen-bond donors (Lipinski definition) is 0. The molecule has 0 fully saturated rings. The van der Waals surface area contributed by atoms with Gasteiger partial charge in [0.25, 0.3) is 0 Å². The molecule has 0 spiro atoms. The molecule has 0 aliphatic heterocycles. The van der Waals surface area contributed by atoms with Gasteiger partial charge in [-0.25, -0.2) is 8.78 Å². The molecule has 2 aromatic carbocycles. The van der Waals surface area contributed by atoms with Crippen LogP contribution in [0.5, 0.6) is 11.5 Å². The molecule has 0 heterocycles. The molecule has 0 aliphatic rings. The van der Waals surface area contributed by atoms with Gasteiger partial charge in [-0.3, -0.25) is 4.79 Å². The van der Waals surface area contributed by atoms with Crippen molar-refractivity contribution in [3.63, 3.8) is 0 Å². The molecule has 0 bridgehead atoms. The van der Waals surface area contributed by atoms with Crippen LogP contribution in [-0.4, -0.2) is 20.0 Å². The van der Waals surface area contributed by atoms with Gasteiger partial charge in [0.2, 0.25) is 0 Å². The summed E-state index contributed by atoms with van der Waals surface area (Å²) in [6.07, 6.45) is -0.114. The van der Waals surface area contributed by atoms with Crippen molar-refractivity contribution in [2.45, 2.75) is 6.42 Å². The number of ether oxygens (including phenoxy) is 2. The van der Waals surface area contributed by atoms with Gasteiger partial charge < -0.3 is 9.47 Å². The topological polar surface area (TPSA) is 35.5 Å². The third-order valence-corrected chi connectivity index (χ3v) is 3.03. The summed E-state index contributed by atoms with van der Waals surface area (Å²) < 4.78 is 37.5. The first kappa shape index (κ1) is 15.0. The van der Waals surface area contributed by atoms with E-state index in [0.29, 0.717) is 11.3 Å². The fraction of sp³-hybridized carbons (Fsp3) is 0.188. The van der Waals surface area contributed by atoms with Crippen LogP contribution in [0.2, 0.25) is 0 Å². The van der Waals surface area contributed by atoms with Crippen LogP contribution >= 0.6 is 0 Å². The first-order chi connectivity index (χ1) is 10.0. The SMILES string of the molecule is COc1cccc(CC(=O)c2c(F)cc(OC)cc2F)c1. The zero-order chi connectivity index (χ0) is 15.4. The highest BCUT2D eigenvalue weighted by Gasteiger charge is 2.19. The van der Waals surface area contributed by atoms with Crippen molar-refractivity contribution in [3.8, 4) is 11.5 Å². The van der Waals surface area contributed by atoms with Crippen LogP contribution in [0, 0.1) is 11.6 Å². The first-order valence-corrected chi connectivity index (χ1v) is 6.24. The summed E-state index contributed by atoms with van der Waals surface area (Å²) in [5.74, 6) is -1.89. The van der Waals surface area contributed by atoms with Crippen LogP contribution in [0.1, 0.15) is 15.9 Å². The molecule has 0 atom stereocenters. The van der Waals surface area contributed by atoms with Crippen molar-refractivity contribution in [1.82, 2.24) is 0 Å². The van der Waals surface area contributed by atoms with E-state index in [4.69, 9.17) is 9.47 Å². The van der Waals surface area contributed by atoms with Crippen molar-refractivity contribution in [3.05, 3.63) is 59.2 Å². The molecule has 0 aromatic heterocycles. The highest BCUT2D eigenvalue weighted by Crippen LogP contribution is 2.22. The van der Waals surface area contributed by atoms with Crippen LogP contribution in [0.4, 0.5) is 8.78 Å². The number of carbonyl (C=O) groups excluding carboxylic acids is 1. The van der Waals surface area contributed by atoms with E-state index in [1.807, 2.05) is 0 Å². The van der Waals surface area contributed by atoms with Crippen molar-refractivity contribution in [1.29, 1.82) is 0 Å². The molecule has 0 aliphatic carbocycles. The molecule has 2 aromatic rings. The Labute approximate surface area is 121 Å². The Bertz CT molecular complexity index is 645. The lowest BCUT2D eigenvalue weighted by molar-refractivity contribution is 0.0985. The number of carbonyl (C=O) groups is 1. The van der Waals surface area contributed by atoms with Gasteiger partial charge in [-0.2, -0.15) is 0 Å². The Hall–Kier alpha value is -2.43. The maximum Gasteiger partial charge on any atom is 0.173 e. The molecule has 21 heavy (non-hydrogen) atoms. The molecule has 0 unspecified atom stereocenters. The van der Waals surface area contributed by atoms with Crippen LogP contribution in [0.15, 0.2) is 36.4 Å². The molecule has 110 valence electrons. The molecule has 2 rings (SSSR count). The summed E-state index contributed by atoms with van der Waals surface area (Å²) in [7, 11) is 2.80. The zero-order valence-electron chi connectivity index (χ0n) is 11.7. The molecular formula is C16H14F2O3. The number of halogens is 2. The normalized spacial score (nSPS) is 10.3. The van der Waals surface area contributed by atoms with Gasteiger partial charge in [-0.15, -0.1) is 0 Å². The van der Waals surface area contributed by atoms with E-state index in [1.165, 1.54) is 14.2 Å². The lowest BCUT2D eigenvalue weighted by Gasteiger charge is -2.08. The predicted octanol–water partition coefficient (Wildman–Crippen LogP) is 3.41. The van der Waals surface area contributed by atoms with E-state index in [2.05, 4.69) is 0 Å². The fourth-order valence-electron chi connectivity index (χ4n) is 1.99. The Kier molecular flexibility index (Phi) is 4.52. The van der Waals surface area contributed by atoms with Gasteiger partial charge in [-0.1, -0.05) is 12.1 Å². The molecule has 0 N–H and O–H groups in total. The second kappa shape index (κ2) is 6.35. The first-order valence-electron chi connectivity index (χ1n) is 6.24. The number of benzene rings is 2. The summed E-state index contributed by atoms with van der Waals surface area (Å²) in [4.78, 5) is 12.1. The van der Waals surface area contributed by atoms with Gasteiger partial charge >= 0.3 is 0 Å². The highest BCUT2D eigenvalue weighted by atomic mass is 19.1. The Balaban J connectivity index is 2.28. The summed E-state index contributed by atoms with van der Waals surface area (Å²) in [6.45, 7) is 0. The van der Waals surface area contributed by atoms with Crippen molar-refractivity contribution in [2.75, 3.05) is 14.2 Å². The predicted molar refractivity (Wildman–Crippen MR) is 73.9 cm³/mol. The van der Waals surface area contributed by atoms with Crippen LogP contribution in [0.3, 0.4) is 0 Å². The quantitative estimate of drug-likeness (QED) is 0.792. The van der Waals surface area contributed by atoms with E-state index in [1.54, 1.807) is 24.3 Å². The van der Waals surface area contributed by atoms with Crippen molar-refractivity contribution in [2.24, 2.45) is 0 Å². The molecule has 0 saturated carbocycles. The van der Waals surface area contributed by atoms with E-state index >= 15 is 0 Å². The number of ketones is 1. The third-order valence-electron chi connectivity index (χ3n) is 3.03. The molecule has 3 nitrogen and oxygen atoms in total. The fourth-order valence-corrected chi connectivity index (χ4v) is 1.99. The second-order valence-electron chi connectivity index (χ2n) is 4.42. The smallest absolute Gasteiger partial charge is 0.173 e. The lowest BCUT2D eigenvalue weighted by atomic mass is 10.0. The monoisotopic (exact) mass is 292 g/mol. The minimum atomic E-state index is -0.931. The number of methoxy groups -OCH3 is 2. The van der Waals surface area contributed by atoms with Gasteiger partial charge in [0.15, 0.2) is 5.78 Å². The minimum Gasteiger partial charge on any atom is -0.497 e. The largest absolute Gasteiger partial charge is 0.497 e. The minimum absolute atomic E-state index is 0.0305. The lowest BCUT2D eigenvalue weighted by Crippen LogP contribution is -2.09. The Morgan fingerprint density at radius 3 is 2.19 bits per heavy atom. The summed E-state index contributed by atoms with van der Waals surface area (Å²) in [5, 5.41) is 0. The van der Waals surface area contributed by atoms with Crippen molar-refractivity contribution >= 4 is 5.78 Å². The maximum atomic E-state index is 13.8. The average Bonchev–Trinajstić information content (AvgIpc) is 2.46.